The largest absolute Gasteiger partial charge is 0.477 e. The van der Waals surface area contributed by atoms with Crippen LogP contribution in [0.3, 0.4) is 0 Å². The van der Waals surface area contributed by atoms with Gasteiger partial charge in [0.15, 0.2) is 11.2 Å². The number of rotatable bonds is 3. The predicted molar refractivity (Wildman–Crippen MR) is 135 cm³/mol. The molecule has 0 saturated carbocycles. The topological polar surface area (TPSA) is 75.2 Å². The third-order valence-corrected chi connectivity index (χ3v) is 7.60. The third kappa shape index (κ3) is 2.73. The first-order chi connectivity index (χ1) is 16.8. The zero-order valence-corrected chi connectivity index (χ0v) is 20.3. The van der Waals surface area contributed by atoms with Crippen LogP contribution in [0, 0.1) is 20.8 Å². The SMILES string of the molecule is CCc1nc2c(c(=O)[nH]1)[C@@H](c1ccccc1)[C@]1(c3ccc(C)cc3)Oc3cc(C)cc(C)c3[C@]21O. The maximum Gasteiger partial charge on any atom is 0.255 e. The molecular formula is C30H28N2O3. The van der Waals surface area contributed by atoms with Crippen molar-refractivity contribution >= 4 is 0 Å². The molecule has 4 aromatic rings. The first-order valence-electron chi connectivity index (χ1n) is 12.1. The highest BCUT2D eigenvalue weighted by molar-refractivity contribution is 5.66. The smallest absolute Gasteiger partial charge is 0.255 e. The highest BCUT2D eigenvalue weighted by atomic mass is 16.5. The highest BCUT2D eigenvalue weighted by Crippen LogP contribution is 2.68. The van der Waals surface area contributed by atoms with E-state index >= 15 is 0 Å². The Morgan fingerprint density at radius 1 is 1.00 bits per heavy atom. The van der Waals surface area contributed by atoms with Gasteiger partial charge in [0.1, 0.15) is 11.6 Å². The molecule has 0 unspecified atom stereocenters. The lowest BCUT2D eigenvalue weighted by molar-refractivity contribution is -0.0906. The average molecular weight is 465 g/mol. The number of hydrogen-bond donors (Lipinski definition) is 2. The predicted octanol–water partition coefficient (Wildman–Crippen LogP) is 4.93. The van der Waals surface area contributed by atoms with Gasteiger partial charge in [-0.25, -0.2) is 4.98 Å². The molecule has 3 aromatic carbocycles. The molecule has 2 heterocycles. The van der Waals surface area contributed by atoms with Crippen molar-refractivity contribution in [3.63, 3.8) is 0 Å². The van der Waals surface area contributed by atoms with E-state index in [9.17, 15) is 9.90 Å². The Bertz CT molecular complexity index is 1520. The fraction of sp³-hybridized carbons (Fsp3) is 0.267. The summed E-state index contributed by atoms with van der Waals surface area (Å²) in [6.45, 7) is 7.98. The second kappa shape index (κ2) is 7.40. The number of H-pyrrole nitrogens is 1. The first kappa shape index (κ1) is 21.8. The number of aromatic nitrogens is 2. The molecule has 1 aliphatic heterocycles. The molecule has 0 amide bonds. The van der Waals surface area contributed by atoms with E-state index in [2.05, 4.69) is 11.1 Å². The van der Waals surface area contributed by atoms with Crippen molar-refractivity contribution in [2.24, 2.45) is 0 Å². The Labute approximate surface area is 204 Å². The first-order valence-corrected chi connectivity index (χ1v) is 12.1. The number of nitrogens with one attached hydrogen (secondary N) is 1. The minimum atomic E-state index is -1.65. The number of nitrogens with zero attached hydrogens (tertiary/aromatic N) is 1. The van der Waals surface area contributed by atoms with Gasteiger partial charge in [0.25, 0.3) is 5.56 Å². The van der Waals surface area contributed by atoms with E-state index in [0.29, 0.717) is 34.8 Å². The van der Waals surface area contributed by atoms with E-state index in [1.807, 2.05) is 88.4 Å². The van der Waals surface area contributed by atoms with Crippen LogP contribution in [0.15, 0.2) is 71.5 Å². The van der Waals surface area contributed by atoms with Gasteiger partial charge in [0, 0.05) is 17.5 Å². The Kier molecular flexibility index (Phi) is 4.61. The van der Waals surface area contributed by atoms with E-state index in [1.165, 1.54) is 0 Å². The van der Waals surface area contributed by atoms with E-state index in [-0.39, 0.29) is 5.56 Å². The molecule has 0 saturated heterocycles. The Morgan fingerprint density at radius 2 is 1.71 bits per heavy atom. The van der Waals surface area contributed by atoms with E-state index in [1.54, 1.807) is 0 Å². The number of hydrogen-bond acceptors (Lipinski definition) is 4. The van der Waals surface area contributed by atoms with Crippen LogP contribution in [0.2, 0.25) is 0 Å². The van der Waals surface area contributed by atoms with Crippen LogP contribution in [-0.2, 0) is 17.6 Å². The van der Waals surface area contributed by atoms with Crippen LogP contribution < -0.4 is 10.3 Å². The van der Waals surface area contributed by atoms with Crippen molar-refractivity contribution in [1.29, 1.82) is 0 Å². The van der Waals surface area contributed by atoms with Gasteiger partial charge in [-0.2, -0.15) is 0 Å². The minimum Gasteiger partial charge on any atom is -0.477 e. The molecule has 0 radical (unpaired) electrons. The Balaban J connectivity index is 1.81. The van der Waals surface area contributed by atoms with Crippen LogP contribution >= 0.6 is 0 Å². The van der Waals surface area contributed by atoms with E-state index in [4.69, 9.17) is 9.72 Å². The Morgan fingerprint density at radius 3 is 2.40 bits per heavy atom. The lowest BCUT2D eigenvalue weighted by Gasteiger charge is -2.40. The summed E-state index contributed by atoms with van der Waals surface area (Å²) in [4.78, 5) is 21.5. The van der Waals surface area contributed by atoms with Crippen molar-refractivity contribution in [2.45, 2.75) is 51.2 Å². The summed E-state index contributed by atoms with van der Waals surface area (Å²) >= 11 is 0. The van der Waals surface area contributed by atoms with Gasteiger partial charge in [0.05, 0.1) is 17.2 Å². The standard InChI is InChI=1S/C30H28N2O3/c1-5-23-31-27-24(28(33)32-23)26(20-9-7-6-8-10-20)30(21-13-11-17(2)12-14-21)29(27,34)25-19(4)15-18(3)16-22(25)35-30/h6-16,26,34H,5H2,1-4H3,(H,31,32,33)/t26-,29+,30+/m1/s1. The summed E-state index contributed by atoms with van der Waals surface area (Å²) in [5, 5.41) is 13.0. The second-order valence-electron chi connectivity index (χ2n) is 9.84. The number of aryl methyl sites for hydroxylation is 4. The molecule has 5 nitrogen and oxygen atoms in total. The zero-order valence-electron chi connectivity index (χ0n) is 20.3. The van der Waals surface area contributed by atoms with Crippen LogP contribution in [0.4, 0.5) is 0 Å². The number of aliphatic hydroxyl groups is 1. The molecule has 2 aliphatic rings. The maximum absolute atomic E-state index is 13.7. The normalized spacial score (nSPS) is 24.0. The van der Waals surface area contributed by atoms with Crippen molar-refractivity contribution in [2.75, 3.05) is 0 Å². The molecule has 5 heteroatoms. The molecule has 1 aliphatic carbocycles. The molecule has 3 atom stereocenters. The summed E-state index contributed by atoms with van der Waals surface area (Å²) in [5.41, 5.74) is 3.12. The van der Waals surface area contributed by atoms with Crippen molar-refractivity contribution in [3.8, 4) is 5.75 Å². The highest BCUT2D eigenvalue weighted by Gasteiger charge is 2.73. The van der Waals surface area contributed by atoms with Gasteiger partial charge in [-0.15, -0.1) is 0 Å². The quantitative estimate of drug-likeness (QED) is 0.451. The van der Waals surface area contributed by atoms with Crippen molar-refractivity contribution in [1.82, 2.24) is 9.97 Å². The van der Waals surface area contributed by atoms with Gasteiger partial charge in [-0.1, -0.05) is 73.2 Å². The summed E-state index contributed by atoms with van der Waals surface area (Å²) in [6, 6.07) is 21.9. The summed E-state index contributed by atoms with van der Waals surface area (Å²) in [5.74, 6) is 0.616. The number of fused-ring (bicyclic) bond motifs is 5. The molecule has 0 fully saturated rings. The zero-order chi connectivity index (χ0) is 24.5. The lowest BCUT2D eigenvalue weighted by Crippen LogP contribution is -2.49. The van der Waals surface area contributed by atoms with Crippen LogP contribution in [-0.4, -0.2) is 15.1 Å². The van der Waals surface area contributed by atoms with E-state index in [0.717, 1.165) is 27.8 Å². The molecule has 1 aromatic heterocycles. The summed E-state index contributed by atoms with van der Waals surface area (Å²) < 4.78 is 6.94. The molecule has 0 spiro atoms. The minimum absolute atomic E-state index is 0.232. The maximum atomic E-state index is 13.7. The van der Waals surface area contributed by atoms with Crippen molar-refractivity contribution < 1.29 is 9.84 Å². The summed E-state index contributed by atoms with van der Waals surface area (Å²) in [6.07, 6.45) is 0.548. The number of ether oxygens (including phenoxy) is 1. The van der Waals surface area contributed by atoms with Crippen LogP contribution in [0.25, 0.3) is 0 Å². The van der Waals surface area contributed by atoms with Crippen molar-refractivity contribution in [3.05, 3.63) is 128 Å². The van der Waals surface area contributed by atoms with Gasteiger partial charge in [-0.05, 0) is 43.5 Å². The van der Waals surface area contributed by atoms with Gasteiger partial charge >= 0.3 is 0 Å². The van der Waals surface area contributed by atoms with Gasteiger partial charge in [0.2, 0.25) is 0 Å². The lowest BCUT2D eigenvalue weighted by atomic mass is 9.69. The fourth-order valence-electron chi connectivity index (χ4n) is 6.19. The van der Waals surface area contributed by atoms with E-state index < -0.39 is 17.1 Å². The number of benzene rings is 3. The van der Waals surface area contributed by atoms with Gasteiger partial charge < -0.3 is 14.8 Å². The molecule has 2 N–H and O–H groups in total. The molecular weight excluding hydrogens is 436 g/mol. The summed E-state index contributed by atoms with van der Waals surface area (Å²) in [7, 11) is 0. The monoisotopic (exact) mass is 464 g/mol. The van der Waals surface area contributed by atoms with Crippen LogP contribution in [0.5, 0.6) is 5.75 Å². The second-order valence-corrected chi connectivity index (χ2v) is 9.84. The molecule has 35 heavy (non-hydrogen) atoms. The Hall–Kier alpha value is -3.70. The molecule has 6 rings (SSSR count). The molecule has 176 valence electrons. The van der Waals surface area contributed by atoms with Crippen LogP contribution in [0.1, 0.15) is 63.3 Å². The average Bonchev–Trinajstić information content (AvgIpc) is 3.22. The fourth-order valence-corrected chi connectivity index (χ4v) is 6.19. The third-order valence-electron chi connectivity index (χ3n) is 7.60. The van der Waals surface area contributed by atoms with Gasteiger partial charge in [-0.3, -0.25) is 4.79 Å². The number of aromatic amines is 1. The molecule has 0 bridgehead atoms.